The standard InChI is InChI=1S/C14H14N4O5/c1-23-14(22)9-2-4-10(5-3-9)16-12(19)8-18-11(6-13(20)21)7-15-17-18/h2-5,7H,6,8H2,1H3,(H,16,19)(H,20,21). The summed E-state index contributed by atoms with van der Waals surface area (Å²) < 4.78 is 5.79. The lowest BCUT2D eigenvalue weighted by Crippen LogP contribution is -2.21. The summed E-state index contributed by atoms with van der Waals surface area (Å²) in [6.07, 6.45) is 1.03. The minimum atomic E-state index is -1.03. The van der Waals surface area contributed by atoms with Crippen molar-refractivity contribution in [1.82, 2.24) is 15.0 Å². The van der Waals surface area contributed by atoms with Crippen molar-refractivity contribution in [3.63, 3.8) is 0 Å². The van der Waals surface area contributed by atoms with Gasteiger partial charge in [-0.05, 0) is 24.3 Å². The number of aromatic nitrogens is 3. The molecule has 1 aromatic heterocycles. The summed E-state index contributed by atoms with van der Waals surface area (Å²) in [5.74, 6) is -1.90. The molecule has 0 aliphatic rings. The first kappa shape index (κ1) is 16.1. The fourth-order valence-corrected chi connectivity index (χ4v) is 1.85. The summed E-state index contributed by atoms with van der Waals surface area (Å²) in [4.78, 5) is 34.0. The zero-order valence-corrected chi connectivity index (χ0v) is 12.2. The lowest BCUT2D eigenvalue weighted by molar-refractivity contribution is -0.136. The topological polar surface area (TPSA) is 123 Å². The molecule has 0 aliphatic carbocycles. The van der Waals surface area contributed by atoms with Gasteiger partial charge in [0.1, 0.15) is 6.54 Å². The van der Waals surface area contributed by atoms with Crippen molar-refractivity contribution < 1.29 is 24.2 Å². The average Bonchev–Trinajstić information content (AvgIpc) is 2.93. The molecule has 23 heavy (non-hydrogen) atoms. The quantitative estimate of drug-likeness (QED) is 0.735. The van der Waals surface area contributed by atoms with Gasteiger partial charge in [0.15, 0.2) is 0 Å². The highest BCUT2D eigenvalue weighted by Crippen LogP contribution is 2.10. The van der Waals surface area contributed by atoms with Crippen molar-refractivity contribution in [2.24, 2.45) is 0 Å². The minimum Gasteiger partial charge on any atom is -0.481 e. The van der Waals surface area contributed by atoms with Crippen LogP contribution in [0.4, 0.5) is 5.69 Å². The second kappa shape index (κ2) is 7.16. The molecule has 0 bridgehead atoms. The average molecular weight is 318 g/mol. The van der Waals surface area contributed by atoms with Gasteiger partial charge < -0.3 is 15.2 Å². The Balaban J connectivity index is 1.98. The van der Waals surface area contributed by atoms with Gasteiger partial charge >= 0.3 is 11.9 Å². The van der Waals surface area contributed by atoms with Crippen molar-refractivity contribution in [3.8, 4) is 0 Å². The van der Waals surface area contributed by atoms with Crippen LogP contribution in [0.15, 0.2) is 30.5 Å². The van der Waals surface area contributed by atoms with Crippen LogP contribution in [0, 0.1) is 0 Å². The molecule has 0 atom stereocenters. The van der Waals surface area contributed by atoms with Gasteiger partial charge in [-0.25, -0.2) is 9.48 Å². The van der Waals surface area contributed by atoms with Gasteiger partial charge in [0.25, 0.3) is 0 Å². The third kappa shape index (κ3) is 4.37. The maximum absolute atomic E-state index is 12.0. The molecule has 9 heteroatoms. The molecule has 0 radical (unpaired) electrons. The van der Waals surface area contributed by atoms with E-state index < -0.39 is 17.8 Å². The van der Waals surface area contributed by atoms with E-state index in [1.165, 1.54) is 30.1 Å². The summed E-state index contributed by atoms with van der Waals surface area (Å²) in [5, 5.41) is 18.7. The molecule has 0 unspecified atom stereocenters. The van der Waals surface area contributed by atoms with Gasteiger partial charge in [0.05, 0.1) is 31.0 Å². The Morgan fingerprint density at radius 1 is 1.26 bits per heavy atom. The van der Waals surface area contributed by atoms with Crippen molar-refractivity contribution in [3.05, 3.63) is 41.7 Å². The first-order valence-corrected chi connectivity index (χ1v) is 6.57. The first-order chi connectivity index (χ1) is 11.0. The highest BCUT2D eigenvalue weighted by Gasteiger charge is 2.12. The molecule has 0 saturated carbocycles. The van der Waals surface area contributed by atoms with E-state index in [1.54, 1.807) is 12.1 Å². The Bertz CT molecular complexity index is 723. The molecule has 2 rings (SSSR count). The zero-order valence-electron chi connectivity index (χ0n) is 12.2. The number of hydrogen-bond acceptors (Lipinski definition) is 6. The number of hydrogen-bond donors (Lipinski definition) is 2. The van der Waals surface area contributed by atoms with Crippen molar-refractivity contribution >= 4 is 23.5 Å². The molecule has 0 saturated heterocycles. The molecule has 2 N–H and O–H groups in total. The fourth-order valence-electron chi connectivity index (χ4n) is 1.85. The Morgan fingerprint density at radius 3 is 2.57 bits per heavy atom. The molecule has 0 spiro atoms. The Morgan fingerprint density at radius 2 is 1.96 bits per heavy atom. The largest absolute Gasteiger partial charge is 0.481 e. The number of carbonyl (C=O) groups is 3. The fraction of sp³-hybridized carbons (Fsp3) is 0.214. The number of aliphatic carboxylic acids is 1. The number of anilines is 1. The number of methoxy groups -OCH3 is 1. The summed E-state index contributed by atoms with van der Waals surface area (Å²) in [6, 6.07) is 6.16. The van der Waals surface area contributed by atoms with E-state index in [0.29, 0.717) is 16.9 Å². The van der Waals surface area contributed by atoms with Crippen LogP contribution >= 0.6 is 0 Å². The Labute approximate surface area is 130 Å². The number of esters is 1. The second-order valence-electron chi connectivity index (χ2n) is 4.57. The van der Waals surface area contributed by atoms with E-state index in [4.69, 9.17) is 5.11 Å². The van der Waals surface area contributed by atoms with Crippen molar-refractivity contribution in [2.75, 3.05) is 12.4 Å². The smallest absolute Gasteiger partial charge is 0.337 e. The predicted molar refractivity (Wildman–Crippen MR) is 77.8 cm³/mol. The van der Waals surface area contributed by atoms with Crippen LogP contribution in [0.5, 0.6) is 0 Å². The van der Waals surface area contributed by atoms with Crippen LogP contribution in [-0.4, -0.2) is 45.1 Å². The molecule has 9 nitrogen and oxygen atoms in total. The van der Waals surface area contributed by atoms with Crippen LogP contribution in [-0.2, 0) is 27.3 Å². The summed E-state index contributed by atoms with van der Waals surface area (Å²) in [5.41, 5.74) is 1.18. The van der Waals surface area contributed by atoms with Gasteiger partial charge in [-0.2, -0.15) is 0 Å². The predicted octanol–water partition coefficient (Wildman–Crippen LogP) is 0.330. The number of carboxylic acid groups (broad SMARTS) is 1. The Hall–Kier alpha value is -3.23. The third-order valence-corrected chi connectivity index (χ3v) is 2.91. The van der Waals surface area contributed by atoms with Crippen LogP contribution in [0.3, 0.4) is 0 Å². The van der Waals surface area contributed by atoms with Crippen LogP contribution in [0.1, 0.15) is 16.1 Å². The van der Waals surface area contributed by atoms with Crippen LogP contribution in [0.25, 0.3) is 0 Å². The summed E-state index contributed by atoms with van der Waals surface area (Å²) in [6.45, 7) is -0.165. The van der Waals surface area contributed by atoms with E-state index in [-0.39, 0.29) is 13.0 Å². The zero-order chi connectivity index (χ0) is 16.8. The van der Waals surface area contributed by atoms with E-state index in [2.05, 4.69) is 20.4 Å². The van der Waals surface area contributed by atoms with E-state index in [1.807, 2.05) is 0 Å². The molecule has 1 amide bonds. The van der Waals surface area contributed by atoms with Gasteiger partial charge in [0.2, 0.25) is 5.91 Å². The number of carboxylic acids is 1. The lowest BCUT2D eigenvalue weighted by atomic mass is 10.2. The van der Waals surface area contributed by atoms with Gasteiger partial charge in [-0.3, -0.25) is 9.59 Å². The molecule has 0 fully saturated rings. The highest BCUT2D eigenvalue weighted by molar-refractivity contribution is 5.92. The molecule has 1 aromatic carbocycles. The molecule has 1 heterocycles. The number of nitrogens with zero attached hydrogens (tertiary/aromatic N) is 3. The lowest BCUT2D eigenvalue weighted by Gasteiger charge is -2.07. The monoisotopic (exact) mass is 318 g/mol. The van der Waals surface area contributed by atoms with E-state index in [0.717, 1.165) is 0 Å². The second-order valence-corrected chi connectivity index (χ2v) is 4.57. The number of carbonyl (C=O) groups excluding carboxylic acids is 2. The number of amides is 1. The molecule has 0 aliphatic heterocycles. The molecular formula is C14H14N4O5. The van der Waals surface area contributed by atoms with Crippen molar-refractivity contribution in [2.45, 2.75) is 13.0 Å². The number of ether oxygens (including phenoxy) is 1. The maximum Gasteiger partial charge on any atom is 0.337 e. The van der Waals surface area contributed by atoms with E-state index in [9.17, 15) is 14.4 Å². The van der Waals surface area contributed by atoms with Gasteiger partial charge in [0, 0.05) is 5.69 Å². The number of rotatable bonds is 6. The van der Waals surface area contributed by atoms with E-state index >= 15 is 0 Å². The Kier molecular flexibility index (Phi) is 5.03. The first-order valence-electron chi connectivity index (χ1n) is 6.57. The van der Waals surface area contributed by atoms with Gasteiger partial charge in [-0.15, -0.1) is 5.10 Å². The number of benzene rings is 1. The normalized spacial score (nSPS) is 10.1. The minimum absolute atomic E-state index is 0.165. The summed E-state index contributed by atoms with van der Waals surface area (Å²) in [7, 11) is 1.28. The number of nitrogens with one attached hydrogen (secondary N) is 1. The van der Waals surface area contributed by atoms with Crippen molar-refractivity contribution in [1.29, 1.82) is 0 Å². The SMILES string of the molecule is COC(=O)c1ccc(NC(=O)Cn2nncc2CC(=O)O)cc1. The van der Waals surface area contributed by atoms with Crippen LogP contribution < -0.4 is 5.32 Å². The summed E-state index contributed by atoms with van der Waals surface area (Å²) >= 11 is 0. The van der Waals surface area contributed by atoms with Gasteiger partial charge in [-0.1, -0.05) is 5.21 Å². The molecule has 120 valence electrons. The van der Waals surface area contributed by atoms with Crippen LogP contribution in [0.2, 0.25) is 0 Å². The molecule has 2 aromatic rings. The third-order valence-electron chi connectivity index (χ3n) is 2.91. The molecular weight excluding hydrogens is 304 g/mol. The highest BCUT2D eigenvalue weighted by atomic mass is 16.5. The maximum atomic E-state index is 12.0.